The van der Waals surface area contributed by atoms with Gasteiger partial charge in [0.25, 0.3) is 0 Å². The fraction of sp³-hybridized carbons (Fsp3) is 0.231. The van der Waals surface area contributed by atoms with Crippen LogP contribution < -0.4 is 0 Å². The molecule has 1 N–H and O–H groups in total. The van der Waals surface area contributed by atoms with E-state index in [0.29, 0.717) is 11.4 Å². The topological polar surface area (TPSA) is 55.0 Å². The Balaban J connectivity index is 0.000000444. The molecule has 0 spiro atoms. The summed E-state index contributed by atoms with van der Waals surface area (Å²) in [6.07, 6.45) is 0. The standard InChI is InChI=1S/C11H9BrN2O2.C2H4I2/c1-16-11(15)10-6-9(13-14-10)7-3-2-4-8(12)5-7;1-2(3)4/h2-6H,1H3,(H,13,14);2H,1H3. The first-order valence-electron chi connectivity index (χ1n) is 5.62. The molecule has 0 aliphatic heterocycles. The quantitative estimate of drug-likeness (QED) is 0.324. The van der Waals surface area contributed by atoms with Crippen LogP contribution in [0.4, 0.5) is 0 Å². The highest BCUT2D eigenvalue weighted by atomic mass is 127. The van der Waals surface area contributed by atoms with Crippen LogP contribution in [-0.2, 0) is 4.74 Å². The summed E-state index contributed by atoms with van der Waals surface area (Å²) in [5.74, 6) is -0.422. The minimum atomic E-state index is -0.422. The van der Waals surface area contributed by atoms with Gasteiger partial charge >= 0.3 is 5.97 Å². The zero-order valence-electron chi connectivity index (χ0n) is 10.9. The second-order valence-electron chi connectivity index (χ2n) is 3.69. The molecule has 1 aromatic carbocycles. The lowest BCUT2D eigenvalue weighted by molar-refractivity contribution is 0.0594. The Morgan fingerprint density at radius 3 is 2.60 bits per heavy atom. The highest BCUT2D eigenvalue weighted by molar-refractivity contribution is 14.2. The number of methoxy groups -OCH3 is 1. The van der Waals surface area contributed by atoms with Gasteiger partial charge in [-0.25, -0.2) is 4.79 Å². The molecule has 0 amide bonds. The molecule has 0 radical (unpaired) electrons. The third-order valence-corrected chi connectivity index (χ3v) is 2.60. The Hall–Kier alpha value is -0.160. The lowest BCUT2D eigenvalue weighted by atomic mass is 10.1. The number of rotatable bonds is 2. The summed E-state index contributed by atoms with van der Waals surface area (Å²) in [5.41, 5.74) is 1.99. The number of ether oxygens (including phenoxy) is 1. The van der Waals surface area contributed by atoms with E-state index < -0.39 is 5.97 Å². The lowest BCUT2D eigenvalue weighted by Crippen LogP contribution is -2.00. The van der Waals surface area contributed by atoms with E-state index in [2.05, 4.69) is 83.0 Å². The minimum absolute atomic E-state index is 0.345. The van der Waals surface area contributed by atoms with Crippen LogP contribution in [0.1, 0.15) is 17.4 Å². The van der Waals surface area contributed by atoms with Crippen molar-refractivity contribution < 1.29 is 9.53 Å². The van der Waals surface area contributed by atoms with E-state index in [4.69, 9.17) is 0 Å². The first-order valence-corrected chi connectivity index (χ1v) is 8.90. The molecular formula is C13H13BrI2N2O2. The monoisotopic (exact) mass is 562 g/mol. The predicted octanol–water partition coefficient (Wildman–Crippen LogP) is 4.83. The van der Waals surface area contributed by atoms with Crippen molar-refractivity contribution in [3.05, 3.63) is 40.5 Å². The molecule has 0 atom stereocenters. The molecule has 0 unspecified atom stereocenters. The number of hydrogen-bond acceptors (Lipinski definition) is 3. The second kappa shape index (κ2) is 8.98. The second-order valence-corrected chi connectivity index (χ2v) is 10.7. The van der Waals surface area contributed by atoms with Gasteiger partial charge in [-0.3, -0.25) is 5.10 Å². The lowest BCUT2D eigenvalue weighted by Gasteiger charge is -1.95. The van der Waals surface area contributed by atoms with Crippen LogP contribution in [0.2, 0.25) is 0 Å². The van der Waals surface area contributed by atoms with E-state index in [1.54, 1.807) is 6.07 Å². The number of aromatic nitrogens is 2. The van der Waals surface area contributed by atoms with Gasteiger partial charge < -0.3 is 4.74 Å². The largest absolute Gasteiger partial charge is 0.464 e. The van der Waals surface area contributed by atoms with Crippen LogP contribution in [-0.4, -0.2) is 25.2 Å². The van der Waals surface area contributed by atoms with Crippen molar-refractivity contribution in [3.63, 3.8) is 0 Å². The average Bonchev–Trinajstić information content (AvgIpc) is 2.87. The van der Waals surface area contributed by atoms with E-state index >= 15 is 0 Å². The molecule has 0 aliphatic carbocycles. The van der Waals surface area contributed by atoms with E-state index in [1.165, 1.54) is 7.11 Å². The molecule has 7 heteroatoms. The number of nitrogens with zero attached hydrogens (tertiary/aromatic N) is 1. The van der Waals surface area contributed by atoms with Crippen molar-refractivity contribution in [1.82, 2.24) is 10.2 Å². The highest BCUT2D eigenvalue weighted by Crippen LogP contribution is 2.21. The number of alkyl halides is 2. The molecule has 20 heavy (non-hydrogen) atoms. The van der Waals surface area contributed by atoms with Gasteiger partial charge in [0.05, 0.1) is 14.7 Å². The maximum atomic E-state index is 11.2. The summed E-state index contributed by atoms with van der Waals surface area (Å²) >= 11 is 8.04. The van der Waals surface area contributed by atoms with Crippen molar-refractivity contribution in [2.75, 3.05) is 7.11 Å². The highest BCUT2D eigenvalue weighted by Gasteiger charge is 2.10. The maximum Gasteiger partial charge on any atom is 0.356 e. The Bertz CT molecular complexity index is 570. The molecule has 2 aromatic rings. The van der Waals surface area contributed by atoms with Crippen molar-refractivity contribution in [3.8, 4) is 11.3 Å². The van der Waals surface area contributed by atoms with Gasteiger partial charge in [-0.2, -0.15) is 5.10 Å². The molecule has 0 saturated heterocycles. The number of nitrogens with one attached hydrogen (secondary N) is 1. The van der Waals surface area contributed by atoms with Crippen molar-refractivity contribution >= 4 is 67.1 Å². The Labute approximate surface area is 153 Å². The van der Waals surface area contributed by atoms with E-state index in [-0.39, 0.29) is 0 Å². The van der Waals surface area contributed by atoms with E-state index in [1.807, 2.05) is 24.3 Å². The Morgan fingerprint density at radius 2 is 2.05 bits per heavy atom. The van der Waals surface area contributed by atoms with Crippen LogP contribution in [0.3, 0.4) is 0 Å². The molecule has 4 nitrogen and oxygen atoms in total. The summed E-state index contributed by atoms with van der Waals surface area (Å²) in [6.45, 7) is 2.14. The molecule has 0 saturated carbocycles. The third kappa shape index (κ3) is 6.08. The van der Waals surface area contributed by atoms with Gasteiger partial charge in [-0.05, 0) is 25.1 Å². The number of aromatic amines is 1. The van der Waals surface area contributed by atoms with E-state index in [0.717, 1.165) is 12.0 Å². The first-order chi connectivity index (χ1) is 9.43. The van der Waals surface area contributed by atoms with E-state index in [9.17, 15) is 4.79 Å². The van der Waals surface area contributed by atoms with Crippen LogP contribution in [0.15, 0.2) is 34.8 Å². The number of halogens is 3. The van der Waals surface area contributed by atoms with Gasteiger partial charge in [-0.15, -0.1) is 0 Å². The molecule has 0 aliphatic rings. The van der Waals surface area contributed by atoms with Crippen LogP contribution in [0.5, 0.6) is 0 Å². The first kappa shape index (κ1) is 17.9. The number of carbonyl (C=O) groups excluding carboxylic acids is 1. The molecule has 1 heterocycles. The normalized spacial score (nSPS) is 9.90. The summed E-state index contributed by atoms with van der Waals surface area (Å²) in [5, 5.41) is 6.68. The fourth-order valence-corrected chi connectivity index (χ4v) is 1.73. The smallest absolute Gasteiger partial charge is 0.356 e. The molecule has 108 valence electrons. The number of carbonyl (C=O) groups is 1. The van der Waals surface area contributed by atoms with Gasteiger partial charge in [0.15, 0.2) is 0 Å². The number of H-pyrrole nitrogens is 1. The molecule has 1 aromatic heterocycles. The maximum absolute atomic E-state index is 11.2. The predicted molar refractivity (Wildman–Crippen MR) is 101 cm³/mol. The molecule has 0 fully saturated rings. The number of hydrogen-bond donors (Lipinski definition) is 1. The SMILES string of the molecule is CC(I)I.COC(=O)c1cc(-c2cccc(Br)c2)n[nH]1. The van der Waals surface area contributed by atoms with Crippen LogP contribution in [0.25, 0.3) is 11.3 Å². The third-order valence-electron chi connectivity index (χ3n) is 2.10. The molecule has 2 rings (SSSR count). The summed E-state index contributed by atoms with van der Waals surface area (Å²) in [4.78, 5) is 11.2. The Morgan fingerprint density at radius 1 is 1.40 bits per heavy atom. The zero-order chi connectivity index (χ0) is 15.1. The summed E-state index contributed by atoms with van der Waals surface area (Å²) in [7, 11) is 1.34. The minimum Gasteiger partial charge on any atom is -0.464 e. The average molecular weight is 563 g/mol. The van der Waals surface area contributed by atoms with Gasteiger partial charge in [0, 0.05) is 10.0 Å². The molecular weight excluding hydrogens is 550 g/mol. The van der Waals surface area contributed by atoms with Crippen molar-refractivity contribution in [1.29, 1.82) is 0 Å². The zero-order valence-corrected chi connectivity index (χ0v) is 16.8. The number of benzene rings is 1. The van der Waals surface area contributed by atoms with Crippen LogP contribution >= 0.6 is 61.1 Å². The summed E-state index contributed by atoms with van der Waals surface area (Å²) in [6, 6.07) is 9.34. The number of esters is 1. The Kier molecular flexibility index (Phi) is 8.03. The fourth-order valence-electron chi connectivity index (χ4n) is 1.33. The van der Waals surface area contributed by atoms with Gasteiger partial charge in [-0.1, -0.05) is 73.2 Å². The van der Waals surface area contributed by atoms with Crippen LogP contribution in [0, 0.1) is 0 Å². The summed E-state index contributed by atoms with van der Waals surface area (Å²) < 4.78 is 6.33. The van der Waals surface area contributed by atoms with Gasteiger partial charge in [0.1, 0.15) is 5.69 Å². The van der Waals surface area contributed by atoms with Crippen molar-refractivity contribution in [2.45, 2.75) is 8.86 Å². The van der Waals surface area contributed by atoms with Crippen molar-refractivity contribution in [2.24, 2.45) is 0 Å². The van der Waals surface area contributed by atoms with Gasteiger partial charge in [0.2, 0.25) is 0 Å². The molecule has 0 bridgehead atoms.